The number of furan rings is 1. The van der Waals surface area contributed by atoms with Gasteiger partial charge in [0.1, 0.15) is 5.76 Å². The number of nitrogens with zero attached hydrogens (tertiary/aromatic N) is 2. The van der Waals surface area contributed by atoms with Gasteiger partial charge in [-0.1, -0.05) is 18.2 Å². The van der Waals surface area contributed by atoms with Gasteiger partial charge < -0.3 is 14.1 Å². The molecule has 1 atom stereocenters. The summed E-state index contributed by atoms with van der Waals surface area (Å²) in [4.78, 5) is 26.0. The predicted molar refractivity (Wildman–Crippen MR) is 100 cm³/mol. The van der Waals surface area contributed by atoms with Crippen molar-refractivity contribution in [3.05, 3.63) is 59.0 Å². The predicted octanol–water partition coefficient (Wildman–Crippen LogP) is 3.93. The van der Waals surface area contributed by atoms with Crippen molar-refractivity contribution in [2.24, 2.45) is 0 Å². The molecule has 6 nitrogen and oxygen atoms in total. The van der Waals surface area contributed by atoms with Crippen LogP contribution in [0.15, 0.2) is 57.6 Å². The molecule has 0 aliphatic rings. The Hall–Kier alpha value is -2.85. The van der Waals surface area contributed by atoms with Crippen molar-refractivity contribution < 1.29 is 18.7 Å². The molecule has 0 saturated heterocycles. The molecular formula is C19H17BrN2O4. The number of esters is 1. The van der Waals surface area contributed by atoms with Crippen molar-refractivity contribution in [3.63, 3.8) is 0 Å². The minimum atomic E-state index is -0.991. The molecule has 0 radical (unpaired) electrons. The lowest BCUT2D eigenvalue weighted by molar-refractivity contribution is -0.149. The van der Waals surface area contributed by atoms with Crippen molar-refractivity contribution in [3.8, 4) is 6.07 Å². The molecule has 0 aliphatic heterocycles. The Morgan fingerprint density at radius 2 is 2.04 bits per heavy atom. The zero-order valence-electron chi connectivity index (χ0n) is 14.1. The first-order chi connectivity index (χ1) is 12.5. The average molecular weight is 417 g/mol. The van der Waals surface area contributed by atoms with Gasteiger partial charge in [0.15, 0.2) is 10.8 Å². The number of halogens is 1. The smallest absolute Gasteiger partial charge is 0.331 e. The minimum Gasteiger partial charge on any atom is -0.450 e. The number of nitriles is 1. The van der Waals surface area contributed by atoms with E-state index in [0.29, 0.717) is 16.1 Å². The lowest BCUT2D eigenvalue weighted by atomic mass is 10.2. The number of hydrogen-bond donors (Lipinski definition) is 0. The maximum atomic E-state index is 12.7. The normalized spacial score (nSPS) is 11.7. The number of amides is 1. The fourth-order valence-corrected chi connectivity index (χ4v) is 2.51. The molecule has 2 aromatic rings. The lowest BCUT2D eigenvalue weighted by Gasteiger charge is -2.24. The summed E-state index contributed by atoms with van der Waals surface area (Å²) >= 11 is 3.17. The molecule has 1 aromatic heterocycles. The number of carbonyl (C=O) groups excluding carboxylic acids is 2. The zero-order chi connectivity index (χ0) is 18.9. The number of rotatable bonds is 7. The molecular weight excluding hydrogens is 400 g/mol. The molecule has 0 saturated carbocycles. The summed E-state index contributed by atoms with van der Waals surface area (Å²) in [6, 6.07) is 14.3. The van der Waals surface area contributed by atoms with Crippen LogP contribution in [0.4, 0.5) is 5.69 Å². The molecule has 134 valence electrons. The van der Waals surface area contributed by atoms with E-state index in [0.717, 1.165) is 0 Å². The van der Waals surface area contributed by atoms with Crippen LogP contribution in [0, 0.1) is 11.3 Å². The van der Waals surface area contributed by atoms with Gasteiger partial charge in [0.25, 0.3) is 5.91 Å². The molecule has 26 heavy (non-hydrogen) atoms. The second-order valence-corrected chi connectivity index (χ2v) is 6.07. The lowest BCUT2D eigenvalue weighted by Crippen LogP contribution is -2.40. The molecule has 0 N–H and O–H groups in total. The van der Waals surface area contributed by atoms with Gasteiger partial charge in [-0.15, -0.1) is 0 Å². The summed E-state index contributed by atoms with van der Waals surface area (Å²) in [5.74, 6) is -0.576. The number of hydrogen-bond acceptors (Lipinski definition) is 5. The van der Waals surface area contributed by atoms with Crippen molar-refractivity contribution in [2.75, 3.05) is 11.4 Å². The van der Waals surface area contributed by atoms with E-state index in [2.05, 4.69) is 15.9 Å². The fraction of sp³-hybridized carbons (Fsp3) is 0.211. The summed E-state index contributed by atoms with van der Waals surface area (Å²) in [5, 5.41) is 8.81. The number of carbonyl (C=O) groups is 2. The molecule has 1 amide bonds. The molecule has 0 aliphatic carbocycles. The van der Waals surface area contributed by atoms with Crippen LogP contribution in [0.2, 0.25) is 0 Å². The monoisotopic (exact) mass is 416 g/mol. The summed E-state index contributed by atoms with van der Waals surface area (Å²) in [5.41, 5.74) is 0.645. The minimum absolute atomic E-state index is 0.175. The molecule has 7 heteroatoms. The molecule has 1 unspecified atom stereocenters. The highest BCUT2D eigenvalue weighted by Crippen LogP contribution is 2.17. The first-order valence-electron chi connectivity index (χ1n) is 7.88. The van der Waals surface area contributed by atoms with Crippen LogP contribution in [-0.2, 0) is 14.3 Å². The first kappa shape index (κ1) is 19.5. The summed E-state index contributed by atoms with van der Waals surface area (Å²) in [6.07, 6.45) is 1.83. The summed E-state index contributed by atoms with van der Waals surface area (Å²) in [7, 11) is 0. The topological polar surface area (TPSA) is 83.5 Å². The summed E-state index contributed by atoms with van der Waals surface area (Å²) < 4.78 is 11.0. The number of benzene rings is 1. The Morgan fingerprint density at radius 3 is 2.65 bits per heavy atom. The average Bonchev–Trinajstić information content (AvgIpc) is 3.06. The van der Waals surface area contributed by atoms with Crippen molar-refractivity contribution in [1.82, 2.24) is 0 Å². The second kappa shape index (κ2) is 9.59. The Kier molecular flexibility index (Phi) is 7.18. The zero-order valence-corrected chi connectivity index (χ0v) is 15.7. The Labute approximate surface area is 159 Å². The van der Waals surface area contributed by atoms with E-state index in [-0.39, 0.29) is 13.0 Å². The van der Waals surface area contributed by atoms with Crippen LogP contribution < -0.4 is 4.90 Å². The van der Waals surface area contributed by atoms with E-state index in [1.54, 1.807) is 36.4 Å². The molecule has 1 heterocycles. The van der Waals surface area contributed by atoms with Gasteiger partial charge in [0, 0.05) is 18.3 Å². The molecule has 0 fully saturated rings. The molecule has 0 spiro atoms. The van der Waals surface area contributed by atoms with E-state index in [1.807, 2.05) is 12.1 Å². The van der Waals surface area contributed by atoms with Crippen molar-refractivity contribution >= 4 is 39.6 Å². The van der Waals surface area contributed by atoms with Gasteiger partial charge in [-0.05, 0) is 53.2 Å². The van der Waals surface area contributed by atoms with Gasteiger partial charge in [-0.25, -0.2) is 4.79 Å². The van der Waals surface area contributed by atoms with Gasteiger partial charge in [0.05, 0.1) is 12.5 Å². The van der Waals surface area contributed by atoms with Crippen LogP contribution >= 0.6 is 15.9 Å². The standard InChI is InChI=1S/C19H17BrN2O4/c1-14(25-18(23)11-9-16-8-10-17(20)26-16)19(24)22(13-5-12-21)15-6-3-2-4-7-15/h2-4,6-11,14H,5,13H2,1H3/b11-9+. The second-order valence-electron chi connectivity index (χ2n) is 5.29. The SMILES string of the molecule is CC(OC(=O)/C=C/c1ccc(Br)o1)C(=O)N(CCC#N)c1ccccc1. The van der Waals surface area contributed by atoms with Crippen molar-refractivity contribution in [1.29, 1.82) is 5.26 Å². The van der Waals surface area contributed by atoms with Crippen LogP contribution in [-0.4, -0.2) is 24.5 Å². The highest BCUT2D eigenvalue weighted by atomic mass is 79.9. The number of anilines is 1. The Morgan fingerprint density at radius 1 is 1.31 bits per heavy atom. The van der Waals surface area contributed by atoms with Gasteiger partial charge in [0.2, 0.25) is 0 Å². The van der Waals surface area contributed by atoms with E-state index < -0.39 is 18.0 Å². The summed E-state index contributed by atoms with van der Waals surface area (Å²) in [6.45, 7) is 1.72. The molecule has 2 rings (SSSR count). The maximum Gasteiger partial charge on any atom is 0.331 e. The molecule has 1 aromatic carbocycles. The van der Waals surface area contributed by atoms with Crippen LogP contribution in [0.3, 0.4) is 0 Å². The number of para-hydroxylation sites is 1. The quantitative estimate of drug-likeness (QED) is 0.504. The Balaban J connectivity index is 2.02. The van der Waals surface area contributed by atoms with E-state index in [9.17, 15) is 9.59 Å². The number of ether oxygens (including phenoxy) is 1. The third kappa shape index (κ3) is 5.60. The van der Waals surface area contributed by atoms with Crippen LogP contribution in [0.5, 0.6) is 0 Å². The van der Waals surface area contributed by atoms with Gasteiger partial charge >= 0.3 is 5.97 Å². The maximum absolute atomic E-state index is 12.7. The first-order valence-corrected chi connectivity index (χ1v) is 8.68. The highest BCUT2D eigenvalue weighted by molar-refractivity contribution is 9.10. The van der Waals surface area contributed by atoms with E-state index in [1.165, 1.54) is 24.0 Å². The molecule has 0 bridgehead atoms. The highest BCUT2D eigenvalue weighted by Gasteiger charge is 2.24. The van der Waals surface area contributed by atoms with Crippen LogP contribution in [0.1, 0.15) is 19.1 Å². The van der Waals surface area contributed by atoms with Crippen LogP contribution in [0.25, 0.3) is 6.08 Å². The Bertz CT molecular complexity index is 824. The fourth-order valence-electron chi connectivity index (χ4n) is 2.19. The van der Waals surface area contributed by atoms with Gasteiger partial charge in [-0.2, -0.15) is 5.26 Å². The largest absolute Gasteiger partial charge is 0.450 e. The third-order valence-corrected chi connectivity index (χ3v) is 3.83. The third-order valence-electron chi connectivity index (χ3n) is 3.40. The van der Waals surface area contributed by atoms with E-state index in [4.69, 9.17) is 14.4 Å². The van der Waals surface area contributed by atoms with Crippen molar-refractivity contribution in [2.45, 2.75) is 19.4 Å². The van der Waals surface area contributed by atoms with Gasteiger partial charge in [-0.3, -0.25) is 4.79 Å². The van der Waals surface area contributed by atoms with E-state index >= 15 is 0 Å².